The average molecular weight is 1050 g/mol. The third-order valence-electron chi connectivity index (χ3n) is 7.86. The minimum absolute atomic E-state index is 0.0146. The summed E-state index contributed by atoms with van der Waals surface area (Å²) in [6.07, 6.45) is -13.2. The van der Waals surface area contributed by atoms with Crippen LogP contribution in [0.3, 0.4) is 0 Å². The predicted molar refractivity (Wildman–Crippen MR) is 225 cm³/mol. The van der Waals surface area contributed by atoms with Crippen molar-refractivity contribution in [2.24, 2.45) is 0 Å². The first-order valence-corrected chi connectivity index (χ1v) is 25.7. The Labute approximate surface area is 379 Å². The van der Waals surface area contributed by atoms with Crippen LogP contribution in [0.25, 0.3) is 0 Å². The quantitative estimate of drug-likeness (QED) is 0.0747. The summed E-state index contributed by atoms with van der Waals surface area (Å²) in [6.45, 7) is 0. The van der Waals surface area contributed by atoms with Gasteiger partial charge in [-0.1, -0.05) is 109 Å². The van der Waals surface area contributed by atoms with Gasteiger partial charge in [-0.25, -0.2) is 16.8 Å². The zero-order valence-electron chi connectivity index (χ0n) is 32.8. The first-order valence-electron chi connectivity index (χ1n) is 17.5. The van der Waals surface area contributed by atoms with Crippen molar-refractivity contribution < 1.29 is 87.0 Å². The van der Waals surface area contributed by atoms with Gasteiger partial charge < -0.3 is 9.11 Å². The topological polar surface area (TPSA) is 223 Å². The molecule has 12 nitrogen and oxygen atoms in total. The van der Waals surface area contributed by atoms with E-state index in [1.807, 2.05) is 0 Å². The maximum absolute atomic E-state index is 12.4. The monoisotopic (exact) mass is 1050 g/mol. The molecule has 0 spiro atoms. The molecule has 0 radical (unpaired) electrons. The molecule has 0 aliphatic heterocycles. The van der Waals surface area contributed by atoms with Crippen LogP contribution in [-0.4, -0.2) is 72.9 Å². The second-order valence-corrected chi connectivity index (χ2v) is 23.0. The molecule has 0 aliphatic carbocycles. The molecular formula is C40H32F8O12S6. The SMILES string of the molecule is O=S(=O)([O-])C(F)(C(F)(F)F)S(=O)(=O)O.O=S(=O)([O-])C(F)(C(F)(F)F)S(=O)(=O)O.c1ccc([S+](c2ccccc2)c2ccccc2)cc1.c1ccc([S+](c2ccccc2)c2ccccc2)cc1. The van der Waals surface area contributed by atoms with Crippen LogP contribution in [0.4, 0.5) is 35.1 Å². The molecule has 26 heteroatoms. The Kier molecular flexibility index (Phi) is 18.7. The Morgan fingerprint density at radius 1 is 0.318 bits per heavy atom. The number of hydrogen-bond donors (Lipinski definition) is 2. The Morgan fingerprint density at radius 2 is 0.455 bits per heavy atom. The number of halogens is 8. The molecule has 0 fully saturated rings. The zero-order chi connectivity index (χ0) is 49.8. The molecule has 0 aliphatic rings. The molecule has 0 bridgehead atoms. The number of hydrogen-bond acceptors (Lipinski definition) is 10. The molecule has 6 aromatic rings. The van der Waals surface area contributed by atoms with Gasteiger partial charge in [-0.05, 0) is 72.8 Å². The van der Waals surface area contributed by atoms with Gasteiger partial charge >= 0.3 is 41.3 Å². The molecule has 356 valence electrons. The number of alkyl halides is 8. The minimum Gasteiger partial charge on any atom is -0.744 e. The standard InChI is InChI=1S/2C18H15S.2C2H2F4O6S2/c2*1-4-10-16(11-5-1)19(17-12-6-2-7-13-17)18-14-8-3-9-15-18;2*3-1(4,5)2(6,13(7,8)9)14(10,11)12/h2*1-15H;2*(H,7,8,9)(H,10,11,12)/q2*+1;;/p-2. The summed E-state index contributed by atoms with van der Waals surface area (Å²) < 4.78 is 195. The number of benzene rings is 6. The van der Waals surface area contributed by atoms with Gasteiger partial charge in [-0.2, -0.15) is 52.0 Å². The lowest BCUT2D eigenvalue weighted by molar-refractivity contribution is -0.174. The molecule has 0 heterocycles. The van der Waals surface area contributed by atoms with E-state index in [-0.39, 0.29) is 21.8 Å². The van der Waals surface area contributed by atoms with E-state index in [1.165, 1.54) is 29.4 Å². The van der Waals surface area contributed by atoms with Crippen molar-refractivity contribution in [3.63, 3.8) is 0 Å². The van der Waals surface area contributed by atoms with E-state index in [1.54, 1.807) is 0 Å². The minimum atomic E-state index is -6.96. The summed E-state index contributed by atoms with van der Waals surface area (Å²) in [6, 6.07) is 64.3. The Balaban J connectivity index is 0.000000237. The highest BCUT2D eigenvalue weighted by molar-refractivity contribution is 8.05. The first kappa shape index (κ1) is 55.4. The maximum atomic E-state index is 12.4. The van der Waals surface area contributed by atoms with Crippen LogP contribution in [0.1, 0.15) is 0 Å². The third-order valence-corrected chi connectivity index (χ3v) is 18.3. The van der Waals surface area contributed by atoms with Gasteiger partial charge in [0.2, 0.25) is 0 Å². The fourth-order valence-electron chi connectivity index (χ4n) is 4.99. The predicted octanol–water partition coefficient (Wildman–Crippen LogP) is 8.77. The van der Waals surface area contributed by atoms with Crippen LogP contribution in [0.5, 0.6) is 0 Å². The molecule has 2 unspecified atom stereocenters. The lowest BCUT2D eigenvalue weighted by atomic mass is 10.4. The summed E-state index contributed by atoms with van der Waals surface area (Å²) in [4.78, 5) is 8.17. The van der Waals surface area contributed by atoms with Gasteiger partial charge in [-0.3, -0.25) is 9.11 Å². The van der Waals surface area contributed by atoms with E-state index in [0.717, 1.165) is 0 Å². The van der Waals surface area contributed by atoms with Crippen LogP contribution >= 0.6 is 0 Å². The van der Waals surface area contributed by atoms with Crippen LogP contribution in [0.15, 0.2) is 211 Å². The highest BCUT2D eigenvalue weighted by atomic mass is 32.3. The van der Waals surface area contributed by atoms with Crippen molar-refractivity contribution in [2.75, 3.05) is 0 Å². The van der Waals surface area contributed by atoms with Gasteiger partial charge in [0, 0.05) is 0 Å². The zero-order valence-corrected chi connectivity index (χ0v) is 37.7. The van der Waals surface area contributed by atoms with Gasteiger partial charge in [0.25, 0.3) is 0 Å². The Bertz CT molecular complexity index is 2450. The summed E-state index contributed by atoms with van der Waals surface area (Å²) in [5.74, 6) is 0. The smallest absolute Gasteiger partial charge is 0.454 e. The lowest BCUT2D eigenvalue weighted by Gasteiger charge is -2.26. The van der Waals surface area contributed by atoms with Crippen molar-refractivity contribution in [1.82, 2.24) is 0 Å². The van der Waals surface area contributed by atoms with Crippen molar-refractivity contribution >= 4 is 62.3 Å². The van der Waals surface area contributed by atoms with E-state index in [4.69, 9.17) is 9.11 Å². The molecule has 66 heavy (non-hydrogen) atoms. The van der Waals surface area contributed by atoms with E-state index in [2.05, 4.69) is 182 Å². The fraction of sp³-hybridized carbons (Fsp3) is 0.100. The second-order valence-electron chi connectivity index (χ2n) is 12.4. The Hall–Kier alpha value is -4.90. The summed E-state index contributed by atoms with van der Waals surface area (Å²) in [7, 11) is -27.5. The number of rotatable bonds is 10. The molecule has 6 rings (SSSR count). The fourth-order valence-corrected chi connectivity index (χ4v) is 12.4. The Morgan fingerprint density at radius 3 is 0.530 bits per heavy atom. The summed E-state index contributed by atoms with van der Waals surface area (Å²) in [5, 5.41) is 0. The molecule has 2 N–H and O–H groups in total. The molecule has 0 saturated carbocycles. The third kappa shape index (κ3) is 13.6. The largest absolute Gasteiger partial charge is 0.744 e. The van der Waals surface area contributed by atoms with Gasteiger partial charge in [0.05, 0.1) is 21.8 Å². The van der Waals surface area contributed by atoms with E-state index in [0.29, 0.717) is 0 Å². The molecule has 0 amide bonds. The summed E-state index contributed by atoms with van der Waals surface area (Å²) in [5.41, 5.74) is 0. The molecule has 2 atom stereocenters. The van der Waals surface area contributed by atoms with E-state index >= 15 is 0 Å². The van der Waals surface area contributed by atoms with Crippen molar-refractivity contribution in [3.05, 3.63) is 182 Å². The van der Waals surface area contributed by atoms with Gasteiger partial charge in [-0.15, -0.1) is 0 Å². The van der Waals surface area contributed by atoms with Crippen molar-refractivity contribution in [3.8, 4) is 0 Å². The van der Waals surface area contributed by atoms with Crippen LogP contribution < -0.4 is 0 Å². The second kappa shape index (κ2) is 22.3. The molecule has 6 aromatic carbocycles. The molecule has 0 saturated heterocycles. The average Bonchev–Trinajstić information content (AvgIpc) is 3.24. The summed E-state index contributed by atoms with van der Waals surface area (Å²) >= 11 is 0. The van der Waals surface area contributed by atoms with Crippen LogP contribution in [0, 0.1) is 0 Å². The van der Waals surface area contributed by atoms with E-state index < -0.39 is 61.5 Å². The van der Waals surface area contributed by atoms with Crippen LogP contribution in [0.2, 0.25) is 0 Å². The molecule has 0 aromatic heterocycles. The van der Waals surface area contributed by atoms with Crippen LogP contribution in [-0.2, 0) is 62.3 Å². The molecular weight excluding hydrogens is 1020 g/mol. The highest BCUT2D eigenvalue weighted by Crippen LogP contribution is 2.43. The first-order chi connectivity index (χ1) is 30.4. The van der Waals surface area contributed by atoms with E-state index in [9.17, 15) is 77.9 Å². The lowest BCUT2D eigenvalue weighted by Crippen LogP contribution is -2.53. The maximum Gasteiger partial charge on any atom is 0.454 e. The highest BCUT2D eigenvalue weighted by Gasteiger charge is 2.72. The van der Waals surface area contributed by atoms with Gasteiger partial charge in [0.1, 0.15) is 0 Å². The van der Waals surface area contributed by atoms with Crippen molar-refractivity contribution in [2.45, 2.75) is 50.4 Å². The van der Waals surface area contributed by atoms with Gasteiger partial charge in [0.15, 0.2) is 49.6 Å². The van der Waals surface area contributed by atoms with Crippen molar-refractivity contribution in [1.29, 1.82) is 0 Å². The normalized spacial score (nSPS) is 14.2.